The number of rotatable bonds is 3. The van der Waals surface area contributed by atoms with E-state index in [9.17, 15) is 4.79 Å². The van der Waals surface area contributed by atoms with Crippen LogP contribution in [0, 0.1) is 0 Å². The Labute approximate surface area is 138 Å². The van der Waals surface area contributed by atoms with Crippen molar-refractivity contribution in [3.05, 3.63) is 66.2 Å². The normalized spacial score (nSPS) is 10.3. The van der Waals surface area contributed by atoms with E-state index in [1.54, 1.807) is 42.5 Å². The largest absolute Gasteiger partial charge is 0.423 e. The summed E-state index contributed by atoms with van der Waals surface area (Å²) in [5.74, 6) is -0.0336. The van der Waals surface area contributed by atoms with Gasteiger partial charge in [0.1, 0.15) is 5.75 Å². The molecular weight excluding hydrogens is 304 g/mol. The van der Waals surface area contributed by atoms with Crippen LogP contribution in [0.15, 0.2) is 65.7 Å². The maximum atomic E-state index is 12.2. The van der Waals surface area contributed by atoms with E-state index in [1.165, 1.54) is 0 Å². The number of benzene rings is 3. The molecule has 24 heavy (non-hydrogen) atoms. The number of fused-ring (bicyclic) bond motifs is 1. The molecule has 0 saturated heterocycles. The highest BCUT2D eigenvalue weighted by atomic mass is 16.5. The van der Waals surface area contributed by atoms with E-state index < -0.39 is 5.97 Å². The highest BCUT2D eigenvalue weighted by molar-refractivity contribution is 5.93. The molecule has 0 bridgehead atoms. The van der Waals surface area contributed by atoms with Gasteiger partial charge in [0.25, 0.3) is 0 Å². The summed E-state index contributed by atoms with van der Waals surface area (Å²) in [4.78, 5) is 16.1. The number of hydrogen-bond donors (Lipinski definition) is 3. The minimum absolute atomic E-state index is 0.0397. The second kappa shape index (κ2) is 6.29. The summed E-state index contributed by atoms with van der Waals surface area (Å²) in [5.41, 5.74) is 18.0. The van der Waals surface area contributed by atoms with Crippen LogP contribution in [0.1, 0.15) is 10.4 Å². The van der Waals surface area contributed by atoms with E-state index in [0.717, 1.165) is 10.8 Å². The first kappa shape index (κ1) is 15.4. The lowest BCUT2D eigenvalue weighted by Gasteiger charge is -2.06. The van der Waals surface area contributed by atoms with Crippen molar-refractivity contribution < 1.29 is 9.53 Å². The smallest absolute Gasteiger partial charge is 0.343 e. The SMILES string of the molecule is NC(N)=Nc1ccc(C(=O)Oc2ccc3cc(N)ccc3c2)cc1. The fraction of sp³-hybridized carbons (Fsp3) is 0. The molecule has 0 unspecified atom stereocenters. The van der Waals surface area contributed by atoms with Gasteiger partial charge in [0.05, 0.1) is 11.3 Å². The molecule has 6 nitrogen and oxygen atoms in total. The predicted octanol–water partition coefficient (Wildman–Crippen LogP) is 2.55. The number of carbonyl (C=O) groups excluding carboxylic acids is 1. The summed E-state index contributed by atoms with van der Waals surface area (Å²) >= 11 is 0. The van der Waals surface area contributed by atoms with Crippen LogP contribution < -0.4 is 21.9 Å². The van der Waals surface area contributed by atoms with Gasteiger partial charge >= 0.3 is 5.97 Å². The zero-order valence-corrected chi connectivity index (χ0v) is 12.8. The van der Waals surface area contributed by atoms with E-state index in [2.05, 4.69) is 4.99 Å². The highest BCUT2D eigenvalue weighted by Gasteiger charge is 2.09. The molecule has 0 heterocycles. The first-order valence-corrected chi connectivity index (χ1v) is 7.22. The number of nitrogens with two attached hydrogens (primary N) is 3. The van der Waals surface area contributed by atoms with Gasteiger partial charge in [-0.2, -0.15) is 0 Å². The molecule has 6 N–H and O–H groups in total. The number of guanidine groups is 1. The molecule has 6 heteroatoms. The molecular formula is C18H16N4O2. The summed E-state index contributed by atoms with van der Waals surface area (Å²) in [7, 11) is 0. The fourth-order valence-corrected chi connectivity index (χ4v) is 2.29. The van der Waals surface area contributed by atoms with E-state index in [4.69, 9.17) is 21.9 Å². The molecule has 0 aliphatic rings. The van der Waals surface area contributed by atoms with Gasteiger partial charge in [-0.25, -0.2) is 9.79 Å². The predicted molar refractivity (Wildman–Crippen MR) is 95.2 cm³/mol. The number of esters is 1. The van der Waals surface area contributed by atoms with Gasteiger partial charge in [-0.3, -0.25) is 0 Å². The average molecular weight is 320 g/mol. The van der Waals surface area contributed by atoms with Gasteiger partial charge in [0, 0.05) is 5.69 Å². The summed E-state index contributed by atoms with van der Waals surface area (Å²) in [6.07, 6.45) is 0. The fourth-order valence-electron chi connectivity index (χ4n) is 2.29. The van der Waals surface area contributed by atoms with Crippen LogP contribution >= 0.6 is 0 Å². The lowest BCUT2D eigenvalue weighted by Crippen LogP contribution is -2.21. The van der Waals surface area contributed by atoms with E-state index >= 15 is 0 Å². The van der Waals surface area contributed by atoms with Crippen molar-refractivity contribution >= 4 is 34.1 Å². The zero-order valence-electron chi connectivity index (χ0n) is 12.8. The van der Waals surface area contributed by atoms with Gasteiger partial charge in [-0.15, -0.1) is 0 Å². The molecule has 3 aromatic rings. The van der Waals surface area contributed by atoms with Crippen molar-refractivity contribution in [2.45, 2.75) is 0 Å². The number of aliphatic imine (C=N–C) groups is 1. The van der Waals surface area contributed by atoms with Crippen molar-refractivity contribution in [3.63, 3.8) is 0 Å². The first-order chi connectivity index (χ1) is 11.5. The Morgan fingerprint density at radius 2 is 1.54 bits per heavy atom. The number of nitrogens with zero attached hydrogens (tertiary/aromatic N) is 1. The number of anilines is 1. The van der Waals surface area contributed by atoms with Crippen LogP contribution in [0.4, 0.5) is 11.4 Å². The lowest BCUT2D eigenvalue weighted by molar-refractivity contribution is 0.0735. The van der Waals surface area contributed by atoms with Crippen molar-refractivity contribution in [3.8, 4) is 5.75 Å². The molecule has 3 rings (SSSR count). The molecule has 0 aliphatic heterocycles. The molecule has 0 aromatic heterocycles. The van der Waals surface area contributed by atoms with Crippen LogP contribution in [0.5, 0.6) is 5.75 Å². The van der Waals surface area contributed by atoms with Gasteiger partial charge in [0.2, 0.25) is 0 Å². The Bertz CT molecular complexity index is 929. The molecule has 0 fully saturated rings. The molecule has 0 amide bonds. The van der Waals surface area contributed by atoms with E-state index in [0.29, 0.717) is 22.7 Å². The third-order valence-corrected chi connectivity index (χ3v) is 3.41. The minimum atomic E-state index is -0.457. The number of hydrogen-bond acceptors (Lipinski definition) is 4. The van der Waals surface area contributed by atoms with Crippen LogP contribution in [-0.2, 0) is 0 Å². The molecule has 0 aliphatic carbocycles. The van der Waals surface area contributed by atoms with Crippen LogP contribution in [0.2, 0.25) is 0 Å². The van der Waals surface area contributed by atoms with Gasteiger partial charge < -0.3 is 21.9 Å². The van der Waals surface area contributed by atoms with Crippen molar-refractivity contribution in [2.75, 3.05) is 5.73 Å². The maximum Gasteiger partial charge on any atom is 0.343 e. The Kier molecular flexibility index (Phi) is 4.03. The standard InChI is InChI=1S/C18H16N4O2/c19-14-5-1-13-10-16(8-4-12(13)9-14)24-17(23)11-2-6-15(7-3-11)22-18(20)21/h1-10H,19H2,(H4,20,21,22). The minimum Gasteiger partial charge on any atom is -0.423 e. The second-order valence-corrected chi connectivity index (χ2v) is 5.24. The molecule has 120 valence electrons. The van der Waals surface area contributed by atoms with Crippen LogP contribution in [0.3, 0.4) is 0 Å². The van der Waals surface area contributed by atoms with Gasteiger partial charge in [0.15, 0.2) is 5.96 Å². The zero-order chi connectivity index (χ0) is 17.1. The maximum absolute atomic E-state index is 12.2. The number of ether oxygens (including phenoxy) is 1. The number of nitrogen functional groups attached to an aromatic ring is 1. The molecule has 3 aromatic carbocycles. The van der Waals surface area contributed by atoms with E-state index in [-0.39, 0.29) is 5.96 Å². The molecule has 0 radical (unpaired) electrons. The van der Waals surface area contributed by atoms with Crippen LogP contribution in [0.25, 0.3) is 10.8 Å². The summed E-state index contributed by atoms with van der Waals surface area (Å²) in [6.45, 7) is 0. The molecule has 0 saturated carbocycles. The summed E-state index contributed by atoms with van der Waals surface area (Å²) in [6, 6.07) is 17.4. The lowest BCUT2D eigenvalue weighted by atomic mass is 10.1. The van der Waals surface area contributed by atoms with Crippen LogP contribution in [-0.4, -0.2) is 11.9 Å². The molecule has 0 spiro atoms. The first-order valence-electron chi connectivity index (χ1n) is 7.22. The van der Waals surface area contributed by atoms with Gasteiger partial charge in [-0.05, 0) is 59.3 Å². The highest BCUT2D eigenvalue weighted by Crippen LogP contribution is 2.23. The summed E-state index contributed by atoms with van der Waals surface area (Å²) in [5, 5.41) is 1.92. The van der Waals surface area contributed by atoms with Crippen molar-refractivity contribution in [1.82, 2.24) is 0 Å². The quantitative estimate of drug-likeness (QED) is 0.225. The average Bonchev–Trinajstić information content (AvgIpc) is 2.55. The summed E-state index contributed by atoms with van der Waals surface area (Å²) < 4.78 is 5.40. The Balaban J connectivity index is 1.79. The molecule has 0 atom stereocenters. The Morgan fingerprint density at radius 1 is 0.875 bits per heavy atom. The third kappa shape index (κ3) is 3.44. The van der Waals surface area contributed by atoms with Gasteiger partial charge in [-0.1, -0.05) is 12.1 Å². The van der Waals surface area contributed by atoms with Crippen molar-refractivity contribution in [2.24, 2.45) is 16.5 Å². The van der Waals surface area contributed by atoms with E-state index in [1.807, 2.05) is 18.2 Å². The third-order valence-electron chi connectivity index (χ3n) is 3.41. The topological polar surface area (TPSA) is 117 Å². The Morgan fingerprint density at radius 3 is 2.25 bits per heavy atom. The Hall–Kier alpha value is -3.54. The monoisotopic (exact) mass is 320 g/mol. The number of carbonyl (C=O) groups is 1. The van der Waals surface area contributed by atoms with Crippen molar-refractivity contribution in [1.29, 1.82) is 0 Å². The second-order valence-electron chi connectivity index (χ2n) is 5.24.